The molecular weight excluding hydrogens is 484 g/mol. The van der Waals surface area contributed by atoms with Crippen molar-refractivity contribution in [2.75, 3.05) is 29.6 Å². The van der Waals surface area contributed by atoms with Crippen LogP contribution in [0.3, 0.4) is 0 Å². The molecule has 0 fully saturated rings. The quantitative estimate of drug-likeness (QED) is 0.219. The molecule has 0 saturated carbocycles. The normalized spacial score (nSPS) is 11.8. The van der Waals surface area contributed by atoms with Crippen molar-refractivity contribution in [2.24, 2.45) is 5.41 Å². The molecule has 0 radical (unpaired) electrons. The lowest BCUT2D eigenvalue weighted by atomic mass is 9.81. The first-order chi connectivity index (χ1) is 18.2. The molecule has 3 aromatic rings. The van der Waals surface area contributed by atoms with Gasteiger partial charge < -0.3 is 25.6 Å². The van der Waals surface area contributed by atoms with Crippen LogP contribution in [0, 0.1) is 16.7 Å². The molecule has 196 valence electrons. The molecule has 3 aromatic carbocycles. The highest BCUT2D eigenvalue weighted by atomic mass is 16.6. The number of rotatable bonds is 10. The number of nitrogens with two attached hydrogens (primary N) is 1. The number of carbonyl (C=O) groups is 2. The van der Waals surface area contributed by atoms with E-state index in [0.29, 0.717) is 33.9 Å². The van der Waals surface area contributed by atoms with Gasteiger partial charge in [-0.1, -0.05) is 50.3 Å². The maximum absolute atomic E-state index is 12.9. The molecule has 0 aliphatic carbocycles. The molecule has 9 nitrogen and oxygen atoms in total. The first-order valence-electron chi connectivity index (χ1n) is 11.9. The van der Waals surface area contributed by atoms with Gasteiger partial charge in [-0.3, -0.25) is 10.1 Å². The van der Waals surface area contributed by atoms with Crippen LogP contribution in [0.5, 0.6) is 5.75 Å². The lowest BCUT2D eigenvalue weighted by Crippen LogP contribution is -2.28. The number of benzene rings is 3. The summed E-state index contributed by atoms with van der Waals surface area (Å²) in [6, 6.07) is 22.3. The number of anilines is 3. The van der Waals surface area contributed by atoms with E-state index in [9.17, 15) is 14.7 Å². The fourth-order valence-corrected chi connectivity index (χ4v) is 3.65. The van der Waals surface area contributed by atoms with E-state index < -0.39 is 23.5 Å². The Bertz CT molecular complexity index is 1330. The fourth-order valence-electron chi connectivity index (χ4n) is 3.65. The highest BCUT2D eigenvalue weighted by Crippen LogP contribution is 2.42. The Morgan fingerprint density at radius 3 is 2.42 bits per heavy atom. The smallest absolute Gasteiger partial charge is 0.412 e. The van der Waals surface area contributed by atoms with Gasteiger partial charge in [0.2, 0.25) is 5.91 Å². The van der Waals surface area contributed by atoms with E-state index in [1.54, 1.807) is 78.9 Å². The number of carbonyl (C=O) groups excluding carboxylic acids is 2. The molecule has 0 aromatic heterocycles. The predicted molar refractivity (Wildman–Crippen MR) is 145 cm³/mol. The molecule has 5 N–H and O–H groups in total. The van der Waals surface area contributed by atoms with Crippen molar-refractivity contribution in [2.45, 2.75) is 20.0 Å². The van der Waals surface area contributed by atoms with Gasteiger partial charge in [0.25, 0.3) is 0 Å². The third kappa shape index (κ3) is 7.59. The SMILES string of the molecule is CC(C)(/C=C/C(=O)Nc1ccccc1N)[C@@H](OC(=O)Nc1ccc(C#N)cc1)c1ccccc1OCCO. The Kier molecular flexibility index (Phi) is 9.46. The standard InChI is InChI=1S/C29H30N4O5/c1-29(2,16-15-26(35)33-24-9-5-4-8-23(24)31)27(22-7-3-6-10-25(22)37-18-17-34)38-28(36)32-21-13-11-20(19-30)12-14-21/h3-16,27,34H,17-18,31H2,1-2H3,(H,32,36)(H,33,35)/b16-15+/t27-/m0/s1. The average Bonchev–Trinajstić information content (AvgIpc) is 2.91. The van der Waals surface area contributed by atoms with Gasteiger partial charge in [-0.05, 0) is 48.5 Å². The number of hydrogen-bond donors (Lipinski definition) is 4. The monoisotopic (exact) mass is 514 g/mol. The summed E-state index contributed by atoms with van der Waals surface area (Å²) in [6.45, 7) is 3.50. The molecule has 9 heteroatoms. The zero-order valence-corrected chi connectivity index (χ0v) is 21.2. The summed E-state index contributed by atoms with van der Waals surface area (Å²) in [7, 11) is 0. The molecule has 2 amide bonds. The lowest BCUT2D eigenvalue weighted by Gasteiger charge is -2.32. The van der Waals surface area contributed by atoms with Gasteiger partial charge in [0.05, 0.1) is 29.6 Å². The summed E-state index contributed by atoms with van der Waals surface area (Å²) in [5.74, 6) is 0.0299. The van der Waals surface area contributed by atoms with Crippen LogP contribution in [-0.2, 0) is 9.53 Å². The molecule has 0 unspecified atom stereocenters. The first kappa shape index (κ1) is 27.8. The zero-order chi connectivity index (χ0) is 27.5. The lowest BCUT2D eigenvalue weighted by molar-refractivity contribution is -0.112. The molecule has 0 bridgehead atoms. The molecule has 0 aliphatic rings. The summed E-state index contributed by atoms with van der Waals surface area (Å²) in [6.07, 6.45) is 1.38. The number of aliphatic hydroxyl groups excluding tert-OH is 1. The maximum Gasteiger partial charge on any atom is 0.412 e. The van der Waals surface area contributed by atoms with E-state index in [-0.39, 0.29) is 13.2 Å². The second-order valence-corrected chi connectivity index (χ2v) is 8.94. The van der Waals surface area contributed by atoms with Crippen molar-refractivity contribution >= 4 is 29.1 Å². The number of nitrogens with one attached hydrogen (secondary N) is 2. The maximum atomic E-state index is 12.9. The van der Waals surface area contributed by atoms with E-state index in [1.165, 1.54) is 6.08 Å². The van der Waals surface area contributed by atoms with Crippen LogP contribution in [0.25, 0.3) is 0 Å². The zero-order valence-electron chi connectivity index (χ0n) is 21.2. The Labute approximate surface area is 221 Å². The Hall–Kier alpha value is -4.81. The van der Waals surface area contributed by atoms with Gasteiger partial charge in [-0.25, -0.2) is 4.79 Å². The predicted octanol–water partition coefficient (Wildman–Crippen LogP) is 5.02. The van der Waals surface area contributed by atoms with Crippen LogP contribution in [-0.4, -0.2) is 30.3 Å². The summed E-state index contributed by atoms with van der Waals surface area (Å²) in [5.41, 5.74) is 7.41. The van der Waals surface area contributed by atoms with Crippen LogP contribution in [0.4, 0.5) is 21.9 Å². The molecular formula is C29H30N4O5. The van der Waals surface area contributed by atoms with Crippen molar-refractivity contribution in [3.05, 3.63) is 96.1 Å². The second-order valence-electron chi connectivity index (χ2n) is 8.94. The summed E-state index contributed by atoms with van der Waals surface area (Å²) >= 11 is 0. The third-order valence-corrected chi connectivity index (χ3v) is 5.59. The highest BCUT2D eigenvalue weighted by Gasteiger charge is 2.34. The van der Waals surface area contributed by atoms with Gasteiger partial charge in [0, 0.05) is 16.7 Å². The summed E-state index contributed by atoms with van der Waals surface area (Å²) in [4.78, 5) is 25.6. The van der Waals surface area contributed by atoms with Crippen molar-refractivity contribution in [3.8, 4) is 11.8 Å². The van der Waals surface area contributed by atoms with Crippen molar-refractivity contribution < 1.29 is 24.2 Å². The number of hydrogen-bond acceptors (Lipinski definition) is 7. The summed E-state index contributed by atoms with van der Waals surface area (Å²) < 4.78 is 11.6. The van der Waals surface area contributed by atoms with Crippen LogP contribution in [0.2, 0.25) is 0 Å². The molecule has 0 aliphatic heterocycles. The van der Waals surface area contributed by atoms with Gasteiger partial charge in [0.15, 0.2) is 0 Å². The minimum Gasteiger partial charge on any atom is -0.491 e. The first-order valence-corrected chi connectivity index (χ1v) is 11.9. The average molecular weight is 515 g/mol. The third-order valence-electron chi connectivity index (χ3n) is 5.59. The van der Waals surface area contributed by atoms with E-state index in [4.69, 9.17) is 20.5 Å². The van der Waals surface area contributed by atoms with Crippen molar-refractivity contribution in [1.82, 2.24) is 0 Å². The number of aliphatic hydroxyl groups is 1. The Balaban J connectivity index is 1.87. The molecule has 0 heterocycles. The van der Waals surface area contributed by atoms with Crippen molar-refractivity contribution in [1.29, 1.82) is 5.26 Å². The number of nitrogens with zero attached hydrogens (tertiary/aromatic N) is 1. The fraction of sp³-hybridized carbons (Fsp3) is 0.207. The van der Waals surface area contributed by atoms with Gasteiger partial charge in [0.1, 0.15) is 18.5 Å². The van der Waals surface area contributed by atoms with Crippen LogP contribution >= 0.6 is 0 Å². The highest BCUT2D eigenvalue weighted by molar-refractivity contribution is 6.01. The van der Waals surface area contributed by atoms with Crippen molar-refractivity contribution in [3.63, 3.8) is 0 Å². The summed E-state index contributed by atoms with van der Waals surface area (Å²) in [5, 5.41) is 23.6. The molecule has 0 spiro atoms. The van der Waals surface area contributed by atoms with Crippen LogP contribution < -0.4 is 21.1 Å². The van der Waals surface area contributed by atoms with E-state index in [2.05, 4.69) is 10.6 Å². The Morgan fingerprint density at radius 1 is 1.05 bits per heavy atom. The van der Waals surface area contributed by atoms with E-state index in [1.807, 2.05) is 19.9 Å². The number of amides is 2. The van der Waals surface area contributed by atoms with Gasteiger partial charge >= 0.3 is 6.09 Å². The van der Waals surface area contributed by atoms with Crippen LogP contribution in [0.1, 0.15) is 31.1 Å². The minimum absolute atomic E-state index is 0.0539. The molecule has 0 saturated heterocycles. The number of nitriles is 1. The topological polar surface area (TPSA) is 147 Å². The largest absolute Gasteiger partial charge is 0.491 e. The number of ether oxygens (including phenoxy) is 2. The number of para-hydroxylation sites is 3. The van der Waals surface area contributed by atoms with E-state index >= 15 is 0 Å². The van der Waals surface area contributed by atoms with Crippen LogP contribution in [0.15, 0.2) is 84.9 Å². The Morgan fingerprint density at radius 2 is 1.74 bits per heavy atom. The van der Waals surface area contributed by atoms with Gasteiger partial charge in [-0.15, -0.1) is 0 Å². The van der Waals surface area contributed by atoms with Gasteiger partial charge in [-0.2, -0.15) is 5.26 Å². The van der Waals surface area contributed by atoms with E-state index in [0.717, 1.165) is 0 Å². The molecule has 3 rings (SSSR count). The minimum atomic E-state index is -0.889. The molecule has 1 atom stereocenters. The molecule has 38 heavy (non-hydrogen) atoms. The second kappa shape index (κ2) is 12.9. The number of nitrogen functional groups attached to an aromatic ring is 1.